The normalized spacial score (nSPS) is 8.85. The van der Waals surface area contributed by atoms with Crippen molar-refractivity contribution in [3.8, 4) is 0 Å². The van der Waals surface area contributed by atoms with E-state index in [-0.39, 0.29) is 11.4 Å². The fraction of sp³-hybridized carbons (Fsp3) is 0.235. The van der Waals surface area contributed by atoms with Crippen molar-refractivity contribution in [2.24, 2.45) is 0 Å². The van der Waals surface area contributed by atoms with E-state index in [4.69, 9.17) is 10.5 Å². The van der Waals surface area contributed by atoms with Gasteiger partial charge in [0, 0.05) is 8.95 Å². The van der Waals surface area contributed by atoms with E-state index in [1.54, 1.807) is 32.0 Å². The number of hydrogen-bond donors (Lipinski definition) is 2. The summed E-state index contributed by atoms with van der Waals surface area (Å²) in [5, 5.41) is 14.1. The highest BCUT2D eigenvalue weighted by molar-refractivity contribution is 9.10. The fourth-order valence-corrected chi connectivity index (χ4v) is 2.09. The van der Waals surface area contributed by atoms with E-state index in [0.717, 1.165) is 4.47 Å². The van der Waals surface area contributed by atoms with Gasteiger partial charge in [-0.05, 0) is 59.1 Å². The Kier molecular flexibility index (Phi) is 16.6. The summed E-state index contributed by atoms with van der Waals surface area (Å²) in [5.41, 5.74) is 1.25. The number of benzene rings is 2. The van der Waals surface area contributed by atoms with Crippen molar-refractivity contribution in [1.29, 1.82) is 0 Å². The lowest BCUT2D eigenvalue weighted by Crippen LogP contribution is -1.92. The van der Waals surface area contributed by atoms with Crippen molar-refractivity contribution < 1.29 is 33.9 Å². The number of rotatable bonds is 1. The smallest absolute Gasteiger partial charge is 0.154 e. The Morgan fingerprint density at radius 3 is 1.77 bits per heavy atom. The molecule has 0 bridgehead atoms. The third-order valence-electron chi connectivity index (χ3n) is 2.57. The second kappa shape index (κ2) is 16.0. The van der Waals surface area contributed by atoms with E-state index in [1.807, 2.05) is 6.07 Å². The third kappa shape index (κ3) is 11.4. The Labute approximate surface area is 167 Å². The summed E-state index contributed by atoms with van der Waals surface area (Å²) in [5.74, 6) is -0.612. The van der Waals surface area contributed by atoms with Crippen LogP contribution in [0.4, 0.5) is 8.78 Å². The predicted molar refractivity (Wildman–Crippen MR) is 102 cm³/mol. The summed E-state index contributed by atoms with van der Waals surface area (Å²) in [6.07, 6.45) is 0.506. The van der Waals surface area contributed by atoms with E-state index in [2.05, 4.69) is 41.6 Å². The summed E-state index contributed by atoms with van der Waals surface area (Å²) < 4.78 is 26.8. The molecule has 0 fully saturated rings. The van der Waals surface area contributed by atoms with Crippen LogP contribution in [0.3, 0.4) is 0 Å². The summed E-state index contributed by atoms with van der Waals surface area (Å²) in [4.78, 5) is 16.8. The largest absolute Gasteiger partial charge is 0.298 e. The Morgan fingerprint density at radius 1 is 0.962 bits per heavy atom. The maximum Gasteiger partial charge on any atom is 0.154 e. The molecule has 0 saturated carbocycles. The van der Waals surface area contributed by atoms with Gasteiger partial charge in [-0.15, -0.1) is 0 Å². The molecule has 2 rings (SSSR count). The van der Waals surface area contributed by atoms with Crippen molar-refractivity contribution in [2.45, 2.75) is 13.8 Å². The van der Waals surface area contributed by atoms with Crippen LogP contribution in [-0.4, -0.2) is 31.0 Å². The SMILES string of the molecule is COO.COO.Cc1ccc(Br)c(C=O)c1F.Cc1ccc(Br)cc1F. The molecule has 0 amide bonds. The van der Waals surface area contributed by atoms with Crippen LogP contribution in [0, 0.1) is 25.5 Å². The molecular formula is C17H20Br2F2O5. The van der Waals surface area contributed by atoms with Crippen molar-refractivity contribution in [1.82, 2.24) is 0 Å². The molecule has 0 unspecified atom stereocenters. The zero-order valence-corrected chi connectivity index (χ0v) is 17.8. The van der Waals surface area contributed by atoms with Gasteiger partial charge in [0.1, 0.15) is 11.6 Å². The van der Waals surface area contributed by atoms with Gasteiger partial charge in [0.05, 0.1) is 19.8 Å². The molecule has 0 spiro atoms. The van der Waals surface area contributed by atoms with Crippen LogP contribution in [0.2, 0.25) is 0 Å². The first kappa shape index (κ1) is 27.0. The first-order valence-electron chi connectivity index (χ1n) is 6.86. The van der Waals surface area contributed by atoms with E-state index in [0.29, 0.717) is 21.9 Å². The topological polar surface area (TPSA) is 76.0 Å². The Hall–Kier alpha value is -1.23. The van der Waals surface area contributed by atoms with Gasteiger partial charge in [0.25, 0.3) is 0 Å². The number of carbonyl (C=O) groups is 1. The van der Waals surface area contributed by atoms with Crippen LogP contribution in [0.1, 0.15) is 21.5 Å². The van der Waals surface area contributed by atoms with Gasteiger partial charge < -0.3 is 0 Å². The molecule has 0 aliphatic rings. The summed E-state index contributed by atoms with van der Waals surface area (Å²) in [6.45, 7) is 3.36. The molecule has 0 aromatic heterocycles. The highest BCUT2D eigenvalue weighted by Crippen LogP contribution is 2.20. The lowest BCUT2D eigenvalue weighted by Gasteiger charge is -2.00. The number of aldehydes is 1. The molecule has 0 aliphatic carbocycles. The van der Waals surface area contributed by atoms with Gasteiger partial charge in [-0.25, -0.2) is 18.6 Å². The Balaban J connectivity index is 0. The van der Waals surface area contributed by atoms with E-state index in [1.165, 1.54) is 20.3 Å². The molecule has 2 N–H and O–H groups in total. The maximum atomic E-state index is 13.0. The van der Waals surface area contributed by atoms with Crippen molar-refractivity contribution in [3.05, 3.63) is 67.6 Å². The van der Waals surface area contributed by atoms with Crippen LogP contribution in [0.25, 0.3) is 0 Å². The Morgan fingerprint density at radius 2 is 1.42 bits per heavy atom. The first-order valence-corrected chi connectivity index (χ1v) is 8.45. The Bertz CT molecular complexity index is 668. The fourth-order valence-electron chi connectivity index (χ4n) is 1.35. The van der Waals surface area contributed by atoms with Crippen LogP contribution in [0.15, 0.2) is 39.3 Å². The lowest BCUT2D eigenvalue weighted by atomic mass is 10.1. The zero-order chi connectivity index (χ0) is 20.7. The van der Waals surface area contributed by atoms with Crippen LogP contribution >= 0.6 is 31.9 Å². The van der Waals surface area contributed by atoms with Crippen LogP contribution in [0.5, 0.6) is 0 Å². The summed E-state index contributed by atoms with van der Waals surface area (Å²) in [7, 11) is 2.36. The highest BCUT2D eigenvalue weighted by atomic mass is 79.9. The van der Waals surface area contributed by atoms with E-state index in [9.17, 15) is 13.6 Å². The first-order chi connectivity index (χ1) is 12.2. The van der Waals surface area contributed by atoms with E-state index < -0.39 is 5.82 Å². The molecule has 9 heteroatoms. The summed E-state index contributed by atoms with van der Waals surface area (Å²) in [6, 6.07) is 8.28. The quantitative estimate of drug-likeness (QED) is 0.292. The molecule has 26 heavy (non-hydrogen) atoms. The zero-order valence-electron chi connectivity index (χ0n) is 14.6. The van der Waals surface area contributed by atoms with E-state index >= 15 is 0 Å². The standard InChI is InChI=1S/C8H6BrFO.C7H6BrF.2CH4O2/c1-5-2-3-7(9)6(4-11)8(5)10;1-5-2-3-6(8)4-7(5)9;2*1-3-2/h2-4H,1H3;2-4H,1H3;2*2H,1H3. The number of halogens is 4. The summed E-state index contributed by atoms with van der Waals surface area (Å²) >= 11 is 6.23. The molecule has 0 heterocycles. The molecule has 0 atom stereocenters. The average Bonchev–Trinajstić information content (AvgIpc) is 2.58. The molecule has 146 valence electrons. The van der Waals surface area contributed by atoms with Crippen molar-refractivity contribution in [2.75, 3.05) is 14.2 Å². The predicted octanol–water partition coefficient (Wildman–Crippen LogP) is 5.82. The molecule has 0 aliphatic heterocycles. The van der Waals surface area contributed by atoms with Gasteiger partial charge in [-0.1, -0.05) is 28.1 Å². The lowest BCUT2D eigenvalue weighted by molar-refractivity contribution is -0.215. The minimum atomic E-state index is -0.450. The van der Waals surface area contributed by atoms with Gasteiger partial charge >= 0.3 is 0 Å². The monoisotopic (exact) mass is 500 g/mol. The van der Waals surface area contributed by atoms with Crippen molar-refractivity contribution in [3.63, 3.8) is 0 Å². The highest BCUT2D eigenvalue weighted by Gasteiger charge is 2.07. The van der Waals surface area contributed by atoms with Gasteiger partial charge in [0.2, 0.25) is 0 Å². The van der Waals surface area contributed by atoms with Crippen LogP contribution in [-0.2, 0) is 9.78 Å². The molecule has 5 nitrogen and oxygen atoms in total. The van der Waals surface area contributed by atoms with Gasteiger partial charge in [-0.3, -0.25) is 15.3 Å². The molecule has 2 aromatic rings. The van der Waals surface area contributed by atoms with Gasteiger partial charge in [0.15, 0.2) is 6.29 Å². The second-order valence-corrected chi connectivity index (χ2v) is 6.24. The molecule has 0 saturated heterocycles. The number of hydrogen-bond acceptors (Lipinski definition) is 5. The molecular weight excluding hydrogens is 482 g/mol. The molecule has 2 aromatic carbocycles. The van der Waals surface area contributed by atoms with Crippen LogP contribution < -0.4 is 0 Å². The minimum absolute atomic E-state index is 0.0880. The average molecular weight is 502 g/mol. The second-order valence-electron chi connectivity index (χ2n) is 4.47. The number of carbonyl (C=O) groups excluding carboxylic acids is 1. The third-order valence-corrected chi connectivity index (χ3v) is 3.76. The van der Waals surface area contributed by atoms with Crippen molar-refractivity contribution >= 4 is 38.1 Å². The maximum absolute atomic E-state index is 13.0. The number of aryl methyl sites for hydroxylation is 2. The van der Waals surface area contributed by atoms with Gasteiger partial charge in [-0.2, -0.15) is 0 Å². The minimum Gasteiger partial charge on any atom is -0.298 e. The molecule has 0 radical (unpaired) electrons.